The fourth-order valence-electron chi connectivity index (χ4n) is 3.36. The van der Waals surface area contributed by atoms with Gasteiger partial charge in [0.1, 0.15) is 10.8 Å². The van der Waals surface area contributed by atoms with E-state index in [0.717, 1.165) is 29.0 Å². The molecule has 0 saturated carbocycles. The van der Waals surface area contributed by atoms with Crippen LogP contribution >= 0.6 is 23.6 Å². The van der Waals surface area contributed by atoms with Crippen molar-refractivity contribution in [3.8, 4) is 5.88 Å². The van der Waals surface area contributed by atoms with E-state index in [0.29, 0.717) is 32.6 Å². The number of fused-ring (bicyclic) bond motifs is 1. The second-order valence-corrected chi connectivity index (χ2v) is 8.62. The molecule has 0 aliphatic carbocycles. The Bertz CT molecular complexity index is 1400. The third kappa shape index (κ3) is 4.29. The topological polar surface area (TPSA) is 88.0 Å². The first-order valence-corrected chi connectivity index (χ1v) is 10.8. The predicted octanol–water partition coefficient (Wildman–Crippen LogP) is 3.94. The fraction of sp³-hybridized carbons (Fsp3) is 0.227. The van der Waals surface area contributed by atoms with Gasteiger partial charge in [0.2, 0.25) is 5.88 Å². The van der Waals surface area contributed by atoms with E-state index in [2.05, 4.69) is 4.99 Å². The van der Waals surface area contributed by atoms with E-state index in [1.807, 2.05) is 36.4 Å². The summed E-state index contributed by atoms with van der Waals surface area (Å²) in [6.45, 7) is 0.558. The molecule has 8 heteroatoms. The first-order valence-electron chi connectivity index (χ1n) is 9.62. The fourth-order valence-corrected chi connectivity index (χ4v) is 4.66. The molecule has 3 aromatic rings. The molecule has 4 rings (SSSR count). The highest BCUT2D eigenvalue weighted by molar-refractivity contribution is 7.73. The monoisotopic (exact) mass is 440 g/mol. The van der Waals surface area contributed by atoms with E-state index in [-0.39, 0.29) is 12.3 Å². The first-order chi connectivity index (χ1) is 14.5. The number of carbonyl (C=O) groups is 1. The maximum absolute atomic E-state index is 10.6. The molecule has 6 nitrogen and oxygen atoms in total. The van der Waals surface area contributed by atoms with Crippen LogP contribution in [-0.4, -0.2) is 20.7 Å². The molecule has 154 valence electrons. The van der Waals surface area contributed by atoms with Gasteiger partial charge in [-0.3, -0.25) is 14.4 Å². The third-order valence-corrected chi connectivity index (χ3v) is 6.24. The SMILES string of the molecule is O=C(O)CCCCCn1c(O)c(/C=c2/cc/c(=c3/cccc4c3=NC=C4)o2)sc1=S. The molecule has 3 heterocycles. The smallest absolute Gasteiger partial charge is 0.303 e. The van der Waals surface area contributed by atoms with Gasteiger partial charge in [-0.2, -0.15) is 0 Å². The summed E-state index contributed by atoms with van der Waals surface area (Å²) in [6, 6.07) is 9.71. The molecule has 0 bridgehead atoms. The van der Waals surface area contributed by atoms with Crippen LogP contribution in [0.5, 0.6) is 5.88 Å². The number of aromatic hydroxyl groups is 1. The van der Waals surface area contributed by atoms with Crippen molar-refractivity contribution >= 4 is 41.7 Å². The molecule has 1 aliphatic heterocycles. The van der Waals surface area contributed by atoms with Crippen LogP contribution in [0.3, 0.4) is 0 Å². The van der Waals surface area contributed by atoms with E-state index in [1.54, 1.807) is 16.8 Å². The van der Waals surface area contributed by atoms with Crippen molar-refractivity contribution in [1.29, 1.82) is 0 Å². The summed E-state index contributed by atoms with van der Waals surface area (Å²) >= 11 is 6.71. The highest BCUT2D eigenvalue weighted by atomic mass is 32.1. The lowest BCUT2D eigenvalue weighted by atomic mass is 10.2. The average molecular weight is 441 g/mol. The highest BCUT2D eigenvalue weighted by Crippen LogP contribution is 2.27. The Morgan fingerprint density at radius 2 is 2.10 bits per heavy atom. The van der Waals surface area contributed by atoms with Crippen LogP contribution < -0.4 is 10.8 Å². The van der Waals surface area contributed by atoms with E-state index in [1.165, 1.54) is 11.3 Å². The number of aromatic nitrogens is 1. The summed E-state index contributed by atoms with van der Waals surface area (Å²) in [5.74, 6) is -0.675. The number of carboxylic acid groups (broad SMARTS) is 1. The summed E-state index contributed by atoms with van der Waals surface area (Å²) in [5, 5.41) is 21.1. The van der Waals surface area contributed by atoms with Crippen molar-refractivity contribution in [3.05, 3.63) is 72.3 Å². The first kappa shape index (κ1) is 20.3. The molecule has 1 aliphatic rings. The second kappa shape index (κ2) is 8.81. The summed E-state index contributed by atoms with van der Waals surface area (Å²) in [4.78, 5) is 15.6. The van der Waals surface area contributed by atoms with Gasteiger partial charge in [0.15, 0.2) is 3.95 Å². The van der Waals surface area contributed by atoms with Gasteiger partial charge in [-0.25, -0.2) is 0 Å². The van der Waals surface area contributed by atoms with E-state index < -0.39 is 5.97 Å². The number of thiazole rings is 1. The summed E-state index contributed by atoms with van der Waals surface area (Å²) in [6.07, 6.45) is 7.82. The van der Waals surface area contributed by atoms with E-state index >= 15 is 0 Å². The number of carboxylic acids is 1. The van der Waals surface area contributed by atoms with Gasteiger partial charge in [-0.15, -0.1) is 11.3 Å². The lowest BCUT2D eigenvalue weighted by molar-refractivity contribution is -0.137. The van der Waals surface area contributed by atoms with Crippen molar-refractivity contribution in [3.63, 3.8) is 0 Å². The van der Waals surface area contributed by atoms with Crippen molar-refractivity contribution in [2.75, 3.05) is 0 Å². The quantitative estimate of drug-likeness (QED) is 0.429. The van der Waals surface area contributed by atoms with Crippen LogP contribution in [0.15, 0.2) is 45.9 Å². The third-order valence-electron chi connectivity index (χ3n) is 4.86. The Labute approximate surface area is 181 Å². The zero-order chi connectivity index (χ0) is 21.1. The molecular formula is C22H20N2O4S2. The number of para-hydroxylation sites is 1. The molecule has 2 N–H and O–H groups in total. The van der Waals surface area contributed by atoms with Crippen molar-refractivity contribution in [2.45, 2.75) is 32.2 Å². The zero-order valence-electron chi connectivity index (χ0n) is 16.1. The number of nitrogens with zero attached hydrogens (tertiary/aromatic N) is 2. The molecule has 0 spiro atoms. The Morgan fingerprint density at radius 1 is 1.23 bits per heavy atom. The number of hydrogen-bond acceptors (Lipinski definition) is 6. The van der Waals surface area contributed by atoms with E-state index in [9.17, 15) is 9.90 Å². The Morgan fingerprint density at radius 3 is 2.93 bits per heavy atom. The van der Waals surface area contributed by atoms with Crippen LogP contribution in [0.4, 0.5) is 0 Å². The number of hydrogen-bond donors (Lipinski definition) is 2. The number of benzene rings is 1. The summed E-state index contributed by atoms with van der Waals surface area (Å²) in [5.41, 5.74) is 2.39. The van der Waals surface area contributed by atoms with Gasteiger partial charge in [0.05, 0.1) is 10.2 Å². The average Bonchev–Trinajstić information content (AvgIpc) is 3.43. The summed E-state index contributed by atoms with van der Waals surface area (Å²) < 4.78 is 8.26. The molecule has 30 heavy (non-hydrogen) atoms. The predicted molar refractivity (Wildman–Crippen MR) is 117 cm³/mol. The minimum atomic E-state index is -0.787. The molecule has 0 atom stereocenters. The second-order valence-electron chi connectivity index (χ2n) is 6.95. The van der Waals surface area contributed by atoms with Gasteiger partial charge in [0.25, 0.3) is 0 Å². The van der Waals surface area contributed by atoms with Crippen LogP contribution in [0.2, 0.25) is 0 Å². The normalized spacial score (nSPS) is 14.1. The minimum Gasteiger partial charge on any atom is -0.493 e. The van der Waals surface area contributed by atoms with Gasteiger partial charge in [-0.05, 0) is 49.3 Å². The Kier molecular flexibility index (Phi) is 5.96. The molecular weight excluding hydrogens is 420 g/mol. The molecule has 0 saturated heterocycles. The van der Waals surface area contributed by atoms with Gasteiger partial charge < -0.3 is 14.6 Å². The van der Waals surface area contributed by atoms with Gasteiger partial charge in [-0.1, -0.05) is 18.6 Å². The maximum atomic E-state index is 10.6. The minimum absolute atomic E-state index is 0.112. The zero-order valence-corrected chi connectivity index (χ0v) is 17.7. The van der Waals surface area contributed by atoms with Crippen LogP contribution in [0.25, 0.3) is 12.2 Å². The van der Waals surface area contributed by atoms with Gasteiger partial charge in [0, 0.05) is 36.0 Å². The summed E-state index contributed by atoms with van der Waals surface area (Å²) in [7, 11) is 0. The standard InChI is InChI=1S/C22H20N2O4S2/c25-19(26)7-2-1-3-12-24-21(27)18(30-22(24)29)13-15-8-9-17(28-15)16-6-4-5-14-10-11-23-20(14)16/h4-6,8-11,13,27H,1-3,7,12H2,(H,25,26)/b15-13-,17-16+. The number of unbranched alkanes of at least 4 members (excludes halogenated alkanes) is 2. The largest absolute Gasteiger partial charge is 0.493 e. The van der Waals surface area contributed by atoms with Crippen molar-refractivity contribution in [1.82, 2.24) is 4.57 Å². The number of aliphatic carboxylic acids is 1. The molecule has 0 unspecified atom stereocenters. The Hall–Kier alpha value is -2.97. The van der Waals surface area contributed by atoms with Crippen LogP contribution in [0, 0.1) is 14.6 Å². The Balaban J connectivity index is 1.60. The molecule has 2 aromatic heterocycles. The molecule has 0 radical (unpaired) electrons. The van der Waals surface area contributed by atoms with Gasteiger partial charge >= 0.3 is 5.97 Å². The molecule has 0 fully saturated rings. The lowest BCUT2D eigenvalue weighted by Gasteiger charge is -2.04. The van der Waals surface area contributed by atoms with Crippen molar-refractivity contribution in [2.24, 2.45) is 4.99 Å². The van der Waals surface area contributed by atoms with Crippen LogP contribution in [-0.2, 0) is 11.3 Å². The molecule has 1 aromatic carbocycles. The van der Waals surface area contributed by atoms with Crippen molar-refractivity contribution < 1.29 is 19.4 Å². The number of rotatable bonds is 7. The maximum Gasteiger partial charge on any atom is 0.303 e. The molecule has 0 amide bonds. The lowest BCUT2D eigenvalue weighted by Crippen LogP contribution is -2.05. The number of furan rings is 1. The highest BCUT2D eigenvalue weighted by Gasteiger charge is 2.10. The van der Waals surface area contributed by atoms with E-state index in [4.69, 9.17) is 21.7 Å². The van der Waals surface area contributed by atoms with Crippen LogP contribution in [0.1, 0.15) is 36.1 Å².